The largest absolute Gasteiger partial charge is 0.417 e. The Hall–Kier alpha value is -2.79. The van der Waals surface area contributed by atoms with E-state index in [1.165, 1.54) is 18.4 Å². The SMILES string of the molecule is CS(=N)(=O)CCNC(=O)C#Cc1ccc(-c2ccccc2)c(C(F)(F)F)c1. The lowest BCUT2D eigenvalue weighted by atomic mass is 9.97. The summed E-state index contributed by atoms with van der Waals surface area (Å²) in [5, 5.41) is 2.36. The molecule has 2 aromatic carbocycles. The lowest BCUT2D eigenvalue weighted by molar-refractivity contribution is -0.137. The Morgan fingerprint density at radius 3 is 2.44 bits per heavy atom. The summed E-state index contributed by atoms with van der Waals surface area (Å²) in [6, 6.07) is 11.8. The molecule has 0 aliphatic carbocycles. The number of hydrogen-bond acceptors (Lipinski definition) is 3. The van der Waals surface area contributed by atoms with Gasteiger partial charge in [0.2, 0.25) is 0 Å². The fourth-order valence-corrected chi connectivity index (χ4v) is 2.75. The Morgan fingerprint density at radius 1 is 1.19 bits per heavy atom. The topological polar surface area (TPSA) is 70.0 Å². The van der Waals surface area contributed by atoms with Crippen LogP contribution in [0.3, 0.4) is 0 Å². The molecule has 27 heavy (non-hydrogen) atoms. The third-order valence-electron chi connectivity index (χ3n) is 3.51. The van der Waals surface area contributed by atoms with Crippen molar-refractivity contribution in [3.05, 3.63) is 59.7 Å². The first-order chi connectivity index (χ1) is 12.6. The van der Waals surface area contributed by atoms with E-state index in [1.807, 2.05) is 0 Å². The summed E-state index contributed by atoms with van der Waals surface area (Å²) in [6.07, 6.45) is -3.32. The zero-order chi connectivity index (χ0) is 20.1. The summed E-state index contributed by atoms with van der Waals surface area (Å²) in [7, 11) is -2.73. The molecule has 1 amide bonds. The van der Waals surface area contributed by atoms with Gasteiger partial charge in [-0.2, -0.15) is 13.2 Å². The number of benzene rings is 2. The maximum atomic E-state index is 13.4. The van der Waals surface area contributed by atoms with Gasteiger partial charge in [-0.3, -0.25) is 13.8 Å². The molecule has 1 atom stereocenters. The van der Waals surface area contributed by atoms with Gasteiger partial charge in [0.15, 0.2) is 0 Å². The molecule has 0 aliphatic rings. The second kappa shape index (κ2) is 8.27. The van der Waals surface area contributed by atoms with Crippen LogP contribution in [0.15, 0.2) is 48.5 Å². The minimum atomic E-state index is -4.57. The van der Waals surface area contributed by atoms with Gasteiger partial charge in [-0.1, -0.05) is 42.3 Å². The maximum Gasteiger partial charge on any atom is 0.417 e. The number of carbonyl (C=O) groups excluding carboxylic acids is 1. The molecular formula is C19H17F3N2O2S. The van der Waals surface area contributed by atoms with Gasteiger partial charge in [0.1, 0.15) is 0 Å². The lowest BCUT2D eigenvalue weighted by Gasteiger charge is -2.13. The van der Waals surface area contributed by atoms with Gasteiger partial charge in [0, 0.05) is 39.8 Å². The number of rotatable bonds is 4. The quantitative estimate of drug-likeness (QED) is 0.779. The van der Waals surface area contributed by atoms with Crippen LogP contribution < -0.4 is 5.32 Å². The molecule has 0 fully saturated rings. The van der Waals surface area contributed by atoms with Gasteiger partial charge in [0.05, 0.1) is 5.56 Å². The molecule has 2 rings (SSSR count). The number of nitrogens with one attached hydrogen (secondary N) is 2. The van der Waals surface area contributed by atoms with Crippen molar-refractivity contribution in [2.45, 2.75) is 6.18 Å². The van der Waals surface area contributed by atoms with Crippen LogP contribution in [0.5, 0.6) is 0 Å². The highest BCUT2D eigenvalue weighted by atomic mass is 32.2. The molecule has 0 saturated heterocycles. The van der Waals surface area contributed by atoms with E-state index in [0.717, 1.165) is 6.07 Å². The van der Waals surface area contributed by atoms with E-state index >= 15 is 0 Å². The summed E-state index contributed by atoms with van der Waals surface area (Å²) in [6.45, 7) is 0.00704. The third-order valence-corrected chi connectivity index (χ3v) is 4.49. The zero-order valence-electron chi connectivity index (χ0n) is 14.4. The molecule has 0 heterocycles. The number of alkyl halides is 3. The Labute approximate surface area is 155 Å². The van der Waals surface area contributed by atoms with Crippen molar-refractivity contribution in [2.24, 2.45) is 0 Å². The van der Waals surface area contributed by atoms with Gasteiger partial charge in [0.25, 0.3) is 5.91 Å². The highest BCUT2D eigenvalue weighted by Crippen LogP contribution is 2.37. The monoisotopic (exact) mass is 394 g/mol. The van der Waals surface area contributed by atoms with E-state index in [4.69, 9.17) is 4.78 Å². The molecule has 0 bridgehead atoms. The van der Waals surface area contributed by atoms with Crippen molar-refractivity contribution in [2.75, 3.05) is 18.6 Å². The summed E-state index contributed by atoms with van der Waals surface area (Å²) in [5.41, 5.74) is -0.315. The Bertz CT molecular complexity index is 989. The minimum Gasteiger partial charge on any atom is -0.344 e. The summed E-state index contributed by atoms with van der Waals surface area (Å²) in [4.78, 5) is 11.6. The number of hydrogen-bond donors (Lipinski definition) is 2. The van der Waals surface area contributed by atoms with Gasteiger partial charge in [-0.15, -0.1) is 0 Å². The van der Waals surface area contributed by atoms with Gasteiger partial charge in [-0.25, -0.2) is 0 Å². The van der Waals surface area contributed by atoms with Crippen molar-refractivity contribution < 1.29 is 22.2 Å². The smallest absolute Gasteiger partial charge is 0.344 e. The molecule has 0 saturated carbocycles. The highest BCUT2D eigenvalue weighted by Gasteiger charge is 2.33. The van der Waals surface area contributed by atoms with Crippen LogP contribution in [0.1, 0.15) is 11.1 Å². The molecule has 1 unspecified atom stereocenters. The standard InChI is InChI=1S/C19H17F3N2O2S/c1-27(23,26)12-11-24-18(25)10-8-14-7-9-16(15-5-3-2-4-6-15)17(13-14)19(20,21)22/h2-7,9,13,23H,11-12H2,1H3,(H,24,25). The van der Waals surface area contributed by atoms with Gasteiger partial charge in [-0.05, 0) is 23.3 Å². The van der Waals surface area contributed by atoms with Crippen LogP contribution in [0, 0.1) is 16.6 Å². The van der Waals surface area contributed by atoms with Crippen molar-refractivity contribution in [3.63, 3.8) is 0 Å². The Morgan fingerprint density at radius 2 is 1.85 bits per heavy atom. The number of amides is 1. The molecule has 0 aliphatic heterocycles. The molecule has 0 aromatic heterocycles. The van der Waals surface area contributed by atoms with E-state index in [1.54, 1.807) is 30.3 Å². The second-order valence-corrected chi connectivity index (χ2v) is 8.26. The van der Waals surface area contributed by atoms with Crippen LogP contribution in [-0.2, 0) is 20.7 Å². The van der Waals surface area contributed by atoms with Crippen molar-refractivity contribution in [1.82, 2.24) is 5.32 Å². The summed E-state index contributed by atoms with van der Waals surface area (Å²) >= 11 is 0. The molecule has 8 heteroatoms. The summed E-state index contributed by atoms with van der Waals surface area (Å²) < 4.78 is 58.7. The van der Waals surface area contributed by atoms with Crippen LogP contribution in [0.25, 0.3) is 11.1 Å². The van der Waals surface area contributed by atoms with E-state index in [0.29, 0.717) is 5.56 Å². The lowest BCUT2D eigenvalue weighted by Crippen LogP contribution is -2.27. The zero-order valence-corrected chi connectivity index (χ0v) is 15.2. The van der Waals surface area contributed by atoms with E-state index < -0.39 is 27.4 Å². The predicted octanol–water partition coefficient (Wildman–Crippen LogP) is 3.52. The van der Waals surface area contributed by atoms with Crippen molar-refractivity contribution in [3.8, 4) is 23.0 Å². The Kier molecular flexibility index (Phi) is 6.28. The molecule has 142 valence electrons. The first kappa shape index (κ1) is 20.5. The number of carbonyl (C=O) groups is 1. The average Bonchev–Trinajstić information content (AvgIpc) is 2.58. The van der Waals surface area contributed by atoms with Crippen LogP contribution in [0.4, 0.5) is 13.2 Å². The van der Waals surface area contributed by atoms with Crippen LogP contribution in [-0.4, -0.2) is 28.7 Å². The predicted molar refractivity (Wildman–Crippen MR) is 98.4 cm³/mol. The average molecular weight is 394 g/mol. The van der Waals surface area contributed by atoms with Crippen LogP contribution in [0.2, 0.25) is 0 Å². The first-order valence-corrected chi connectivity index (χ1v) is 9.98. The minimum absolute atomic E-state index is 0.00704. The first-order valence-electron chi connectivity index (χ1n) is 7.84. The molecule has 0 radical (unpaired) electrons. The summed E-state index contributed by atoms with van der Waals surface area (Å²) in [5.74, 6) is 3.87. The van der Waals surface area contributed by atoms with Crippen molar-refractivity contribution in [1.29, 1.82) is 4.78 Å². The van der Waals surface area contributed by atoms with Gasteiger partial charge < -0.3 is 5.32 Å². The molecular weight excluding hydrogens is 377 g/mol. The molecule has 2 aromatic rings. The normalized spacial score (nSPS) is 13.2. The van der Waals surface area contributed by atoms with E-state index in [-0.39, 0.29) is 23.4 Å². The molecule has 2 N–H and O–H groups in total. The highest BCUT2D eigenvalue weighted by molar-refractivity contribution is 7.91. The van der Waals surface area contributed by atoms with Crippen LogP contribution >= 0.6 is 0 Å². The van der Waals surface area contributed by atoms with E-state index in [9.17, 15) is 22.2 Å². The molecule has 0 spiro atoms. The number of halogens is 3. The van der Waals surface area contributed by atoms with E-state index in [2.05, 4.69) is 17.2 Å². The fourth-order valence-electron chi connectivity index (χ4n) is 2.26. The van der Waals surface area contributed by atoms with Crippen molar-refractivity contribution >= 4 is 15.6 Å². The third kappa shape index (κ3) is 6.46. The molecule has 4 nitrogen and oxygen atoms in total. The van der Waals surface area contributed by atoms with Gasteiger partial charge >= 0.3 is 6.18 Å². The second-order valence-electron chi connectivity index (χ2n) is 5.84. The Balaban J connectivity index is 2.24. The maximum absolute atomic E-state index is 13.4. The fraction of sp³-hybridized carbons (Fsp3) is 0.211.